The average molecular weight is 301 g/mol. The van der Waals surface area contributed by atoms with Crippen LogP contribution in [0.5, 0.6) is 0 Å². The van der Waals surface area contributed by atoms with E-state index in [9.17, 15) is 9.18 Å². The van der Waals surface area contributed by atoms with E-state index < -0.39 is 6.04 Å². The van der Waals surface area contributed by atoms with Crippen molar-refractivity contribution < 1.29 is 9.18 Å². The molecule has 1 aliphatic heterocycles. The van der Waals surface area contributed by atoms with Gasteiger partial charge in [-0.25, -0.2) is 4.39 Å². The van der Waals surface area contributed by atoms with E-state index in [0.29, 0.717) is 23.1 Å². The largest absolute Gasteiger partial charge is 0.320 e. The van der Waals surface area contributed by atoms with Crippen LogP contribution in [0, 0.1) is 12.7 Å². The van der Waals surface area contributed by atoms with E-state index in [-0.39, 0.29) is 11.7 Å². The number of halogens is 2. The van der Waals surface area contributed by atoms with Crippen molar-refractivity contribution >= 4 is 27.5 Å². The summed E-state index contributed by atoms with van der Waals surface area (Å²) in [7, 11) is 0. The van der Waals surface area contributed by atoms with Gasteiger partial charge in [-0.3, -0.25) is 4.79 Å². The lowest BCUT2D eigenvalue weighted by Gasteiger charge is -2.31. The van der Waals surface area contributed by atoms with Crippen LogP contribution >= 0.6 is 15.9 Å². The molecule has 0 aromatic heterocycles. The number of amides is 1. The molecule has 0 saturated carbocycles. The van der Waals surface area contributed by atoms with E-state index in [0.717, 1.165) is 12.0 Å². The summed E-state index contributed by atoms with van der Waals surface area (Å²) in [4.78, 5) is 13.5. The molecule has 0 aliphatic carbocycles. The number of nitrogens with two attached hydrogens (primary N) is 1. The Bertz CT molecular complexity index is 464. The average Bonchev–Trinajstić information content (AvgIpc) is 2.28. The molecule has 1 aliphatic rings. The highest BCUT2D eigenvalue weighted by molar-refractivity contribution is 9.10. The Labute approximate surface area is 108 Å². The second-order valence-electron chi connectivity index (χ2n) is 4.29. The molecule has 3 nitrogen and oxygen atoms in total. The maximum absolute atomic E-state index is 13.5. The van der Waals surface area contributed by atoms with Gasteiger partial charge in [-0.05, 0) is 53.4 Å². The zero-order valence-electron chi connectivity index (χ0n) is 9.54. The Morgan fingerprint density at radius 3 is 2.94 bits per heavy atom. The van der Waals surface area contributed by atoms with Gasteiger partial charge < -0.3 is 10.6 Å². The van der Waals surface area contributed by atoms with Gasteiger partial charge in [0.15, 0.2) is 0 Å². The van der Waals surface area contributed by atoms with Crippen LogP contribution in [0.1, 0.15) is 18.4 Å². The van der Waals surface area contributed by atoms with Gasteiger partial charge in [0.25, 0.3) is 0 Å². The van der Waals surface area contributed by atoms with E-state index >= 15 is 0 Å². The molecule has 5 heteroatoms. The highest BCUT2D eigenvalue weighted by atomic mass is 79.9. The van der Waals surface area contributed by atoms with E-state index in [1.807, 2.05) is 6.92 Å². The lowest BCUT2D eigenvalue weighted by Crippen LogP contribution is -2.48. The molecular formula is C12H14BrFN2O. The van der Waals surface area contributed by atoms with Crippen molar-refractivity contribution in [3.63, 3.8) is 0 Å². The molecule has 1 fully saturated rings. The van der Waals surface area contributed by atoms with Crippen LogP contribution < -0.4 is 10.6 Å². The Morgan fingerprint density at radius 1 is 1.53 bits per heavy atom. The lowest BCUT2D eigenvalue weighted by atomic mass is 10.0. The fraction of sp³-hybridized carbons (Fsp3) is 0.417. The smallest absolute Gasteiger partial charge is 0.243 e. The van der Waals surface area contributed by atoms with Crippen molar-refractivity contribution in [2.75, 3.05) is 11.4 Å². The van der Waals surface area contributed by atoms with Crippen LogP contribution in [-0.2, 0) is 4.79 Å². The van der Waals surface area contributed by atoms with Crippen LogP contribution in [-0.4, -0.2) is 18.5 Å². The lowest BCUT2D eigenvalue weighted by molar-refractivity contribution is -0.120. The molecule has 1 heterocycles. The highest BCUT2D eigenvalue weighted by Gasteiger charge is 2.28. The second-order valence-corrected chi connectivity index (χ2v) is 5.15. The van der Waals surface area contributed by atoms with Crippen molar-refractivity contribution in [3.05, 3.63) is 28.0 Å². The predicted molar refractivity (Wildman–Crippen MR) is 68.4 cm³/mol. The number of anilines is 1. The predicted octanol–water partition coefficient (Wildman–Crippen LogP) is 2.35. The molecule has 1 aromatic rings. The van der Waals surface area contributed by atoms with Gasteiger partial charge in [-0.1, -0.05) is 0 Å². The quantitative estimate of drug-likeness (QED) is 0.865. The van der Waals surface area contributed by atoms with Crippen molar-refractivity contribution in [2.24, 2.45) is 5.73 Å². The molecule has 17 heavy (non-hydrogen) atoms. The third-order valence-electron chi connectivity index (χ3n) is 3.01. The molecule has 1 amide bonds. The first-order chi connectivity index (χ1) is 8.00. The molecule has 1 unspecified atom stereocenters. The van der Waals surface area contributed by atoms with Gasteiger partial charge in [0, 0.05) is 12.2 Å². The summed E-state index contributed by atoms with van der Waals surface area (Å²) in [5, 5.41) is 0. The fourth-order valence-corrected chi connectivity index (χ4v) is 2.53. The Kier molecular flexibility index (Phi) is 3.49. The van der Waals surface area contributed by atoms with Crippen LogP contribution in [0.25, 0.3) is 0 Å². The minimum atomic E-state index is -0.463. The van der Waals surface area contributed by atoms with Gasteiger partial charge in [0.1, 0.15) is 5.82 Å². The number of hydrogen-bond donors (Lipinski definition) is 1. The Hall–Kier alpha value is -0.940. The molecule has 0 bridgehead atoms. The van der Waals surface area contributed by atoms with E-state index in [1.165, 1.54) is 6.07 Å². The molecule has 1 atom stereocenters. The van der Waals surface area contributed by atoms with E-state index in [2.05, 4.69) is 15.9 Å². The standard InChI is InChI=1S/C12H14BrFN2O/c1-7-5-8(13)9(14)6-11(7)16-4-2-3-10(15)12(16)17/h5-6,10H,2-4,15H2,1H3. The summed E-state index contributed by atoms with van der Waals surface area (Å²) < 4.78 is 13.9. The topological polar surface area (TPSA) is 46.3 Å². The normalized spacial score (nSPS) is 20.8. The maximum Gasteiger partial charge on any atom is 0.243 e. The molecule has 0 spiro atoms. The molecule has 1 aromatic carbocycles. The van der Waals surface area contributed by atoms with Crippen molar-refractivity contribution in [1.82, 2.24) is 0 Å². The number of benzene rings is 1. The molecule has 2 rings (SSSR count). The first-order valence-corrected chi connectivity index (χ1v) is 6.32. The highest BCUT2D eigenvalue weighted by Crippen LogP contribution is 2.29. The summed E-state index contributed by atoms with van der Waals surface area (Å²) in [6, 6.07) is 2.60. The summed E-state index contributed by atoms with van der Waals surface area (Å²) >= 11 is 3.13. The van der Waals surface area contributed by atoms with Crippen molar-refractivity contribution in [3.8, 4) is 0 Å². The SMILES string of the molecule is Cc1cc(Br)c(F)cc1N1CCCC(N)C1=O. The number of nitrogens with zero attached hydrogens (tertiary/aromatic N) is 1. The molecule has 1 saturated heterocycles. The maximum atomic E-state index is 13.5. The molecular weight excluding hydrogens is 287 g/mol. The zero-order valence-corrected chi connectivity index (χ0v) is 11.1. The molecule has 92 valence electrons. The van der Waals surface area contributed by atoms with Gasteiger partial charge in [0.05, 0.1) is 10.5 Å². The van der Waals surface area contributed by atoms with E-state index in [1.54, 1.807) is 11.0 Å². The van der Waals surface area contributed by atoms with E-state index in [4.69, 9.17) is 5.73 Å². The van der Waals surface area contributed by atoms with Crippen molar-refractivity contribution in [1.29, 1.82) is 0 Å². The first-order valence-electron chi connectivity index (χ1n) is 5.53. The third kappa shape index (κ3) is 2.35. The summed E-state index contributed by atoms with van der Waals surface area (Å²) in [5.41, 5.74) is 7.21. The Morgan fingerprint density at radius 2 is 2.24 bits per heavy atom. The third-order valence-corrected chi connectivity index (χ3v) is 3.62. The minimum Gasteiger partial charge on any atom is -0.320 e. The van der Waals surface area contributed by atoms with Gasteiger partial charge in [-0.2, -0.15) is 0 Å². The summed E-state index contributed by atoms with van der Waals surface area (Å²) in [5.74, 6) is -0.487. The minimum absolute atomic E-state index is 0.124. The van der Waals surface area contributed by atoms with Crippen LogP contribution in [0.2, 0.25) is 0 Å². The molecule has 0 radical (unpaired) electrons. The zero-order chi connectivity index (χ0) is 12.6. The number of rotatable bonds is 1. The van der Waals surface area contributed by atoms with Crippen LogP contribution in [0.15, 0.2) is 16.6 Å². The number of piperidine rings is 1. The van der Waals surface area contributed by atoms with Crippen LogP contribution in [0.4, 0.5) is 10.1 Å². The monoisotopic (exact) mass is 300 g/mol. The molecule has 2 N–H and O–H groups in total. The Balaban J connectivity index is 2.39. The second kappa shape index (κ2) is 4.74. The van der Waals surface area contributed by atoms with Crippen LogP contribution in [0.3, 0.4) is 0 Å². The first kappa shape index (κ1) is 12.5. The number of hydrogen-bond acceptors (Lipinski definition) is 2. The van der Waals surface area contributed by atoms with Gasteiger partial charge in [-0.15, -0.1) is 0 Å². The summed E-state index contributed by atoms with van der Waals surface area (Å²) in [6.07, 6.45) is 1.55. The fourth-order valence-electron chi connectivity index (χ4n) is 2.07. The summed E-state index contributed by atoms with van der Waals surface area (Å²) in [6.45, 7) is 2.46. The van der Waals surface area contributed by atoms with Crippen molar-refractivity contribution in [2.45, 2.75) is 25.8 Å². The van der Waals surface area contributed by atoms with Gasteiger partial charge >= 0.3 is 0 Å². The van der Waals surface area contributed by atoms with Gasteiger partial charge in [0.2, 0.25) is 5.91 Å². The number of carbonyl (C=O) groups excluding carboxylic acids is 1. The number of aryl methyl sites for hydroxylation is 1. The number of carbonyl (C=O) groups is 1.